The monoisotopic (exact) mass is 144 g/mol. The highest BCUT2D eigenvalue weighted by molar-refractivity contribution is 7.86. The van der Waals surface area contributed by atoms with E-state index in [4.69, 9.17) is 23.2 Å². The van der Waals surface area contributed by atoms with Crippen LogP contribution in [0, 0.1) is 0 Å². The van der Waals surface area contributed by atoms with Crippen molar-refractivity contribution in [1.29, 1.82) is 0 Å². The lowest BCUT2D eigenvalue weighted by molar-refractivity contribution is 1.50. The van der Waals surface area contributed by atoms with Crippen LogP contribution in [0.2, 0.25) is 0 Å². The van der Waals surface area contributed by atoms with Crippen molar-refractivity contribution in [1.82, 2.24) is 0 Å². The summed E-state index contributed by atoms with van der Waals surface area (Å²) in [6, 6.07) is 0. The summed E-state index contributed by atoms with van der Waals surface area (Å²) in [7, 11) is 0. The zero-order valence-corrected chi connectivity index (χ0v) is 5.99. The predicted molar refractivity (Wildman–Crippen MR) is 35.7 cm³/mol. The lowest BCUT2D eigenvalue weighted by Gasteiger charge is -1.53. The third-order valence-corrected chi connectivity index (χ3v) is 0. The summed E-state index contributed by atoms with van der Waals surface area (Å²) in [6.07, 6.45) is 0. The molecule has 0 radical (unpaired) electrons. The minimum Gasteiger partial charge on any atom is -0.0683 e. The molecule has 0 aromatic rings. The summed E-state index contributed by atoms with van der Waals surface area (Å²) in [5.74, 6) is 0. The van der Waals surface area contributed by atoms with E-state index in [9.17, 15) is 0 Å². The van der Waals surface area contributed by atoms with Crippen LogP contribution in [-0.4, -0.2) is 3.78 Å². The number of halogens is 2. The second kappa shape index (κ2) is 9.18. The molecule has 38 valence electrons. The van der Waals surface area contributed by atoms with Crippen LogP contribution in [0.15, 0.2) is 0 Å². The topological polar surface area (TPSA) is 0 Å². The van der Waals surface area contributed by atoms with E-state index in [1.165, 1.54) is 0 Å². The van der Waals surface area contributed by atoms with Crippen LogP contribution in [-0.2, 0) is 0 Å². The summed E-state index contributed by atoms with van der Waals surface area (Å²) in [5.41, 5.74) is 0. The highest BCUT2D eigenvalue weighted by atomic mass is 35.5. The lowest BCUT2D eigenvalue weighted by atomic mass is 11.0. The first kappa shape index (κ1) is 9.83. The van der Waals surface area contributed by atoms with Crippen molar-refractivity contribution in [2.75, 3.05) is 0 Å². The fourth-order valence-electron chi connectivity index (χ4n) is 0. The zero-order valence-electron chi connectivity index (χ0n) is 3.66. The highest BCUT2D eigenvalue weighted by Gasteiger charge is 1.64. The van der Waals surface area contributed by atoms with Crippen LogP contribution in [0.1, 0.15) is 13.8 Å². The molecule has 0 saturated heterocycles. The van der Waals surface area contributed by atoms with E-state index in [1.807, 2.05) is 13.8 Å². The summed E-state index contributed by atoms with van der Waals surface area (Å²) in [4.78, 5) is 0. The van der Waals surface area contributed by atoms with Gasteiger partial charge in [0.05, 0.1) is 0 Å². The third kappa shape index (κ3) is 140. The van der Waals surface area contributed by atoms with Gasteiger partial charge in [-0.15, -0.1) is 0 Å². The van der Waals surface area contributed by atoms with Gasteiger partial charge in [0, 0.05) is 0 Å². The molecule has 0 unspecified atom stereocenters. The molecule has 0 aliphatic carbocycles. The molecule has 0 spiro atoms. The molecule has 0 fully saturated rings. The van der Waals surface area contributed by atoms with Gasteiger partial charge in [-0.3, -0.25) is 0 Å². The van der Waals surface area contributed by atoms with Crippen molar-refractivity contribution >= 4 is 39.2 Å². The summed E-state index contributed by atoms with van der Waals surface area (Å²) in [6.45, 7) is 4.00. The molecule has 6 heavy (non-hydrogen) atoms. The molecule has 0 aromatic heterocycles. The molecule has 0 aliphatic heterocycles. The van der Waals surface area contributed by atoms with E-state index in [0.717, 1.165) is 0 Å². The van der Waals surface area contributed by atoms with E-state index in [-0.39, 0.29) is 3.78 Å². The normalized spacial score (nSPS) is 5.33. The average Bonchev–Trinajstić information content (AvgIpc) is 1.41. The Morgan fingerprint density at radius 3 is 1.33 bits per heavy atom. The van der Waals surface area contributed by atoms with Crippen LogP contribution >= 0.6 is 35.4 Å². The maximum atomic E-state index is 4.77. The standard InChI is InChI=1S/C2H6.CCl2S/c1-2;2-1(3)4/h1-2H3;. The van der Waals surface area contributed by atoms with Gasteiger partial charge in [-0.25, -0.2) is 0 Å². The van der Waals surface area contributed by atoms with E-state index in [1.54, 1.807) is 0 Å². The molecule has 0 rings (SSSR count). The fourth-order valence-corrected chi connectivity index (χ4v) is 0. The second-order valence-corrected chi connectivity index (χ2v) is 2.03. The first-order chi connectivity index (χ1) is 2.73. The summed E-state index contributed by atoms with van der Waals surface area (Å²) in [5, 5.41) is 0. The minimum absolute atomic E-state index is 0.0556. The van der Waals surface area contributed by atoms with Crippen LogP contribution in [0.25, 0.3) is 0 Å². The Morgan fingerprint density at radius 1 is 1.33 bits per heavy atom. The molecule has 0 aliphatic rings. The van der Waals surface area contributed by atoms with Crippen molar-refractivity contribution in [2.45, 2.75) is 13.8 Å². The van der Waals surface area contributed by atoms with Crippen LogP contribution in [0.4, 0.5) is 0 Å². The summed E-state index contributed by atoms with van der Waals surface area (Å²) >= 11 is 13.6. The molecule has 0 bridgehead atoms. The van der Waals surface area contributed by atoms with Crippen LogP contribution in [0.5, 0.6) is 0 Å². The Hall–Kier alpha value is 0.670. The van der Waals surface area contributed by atoms with Gasteiger partial charge in [-0.1, -0.05) is 49.3 Å². The van der Waals surface area contributed by atoms with Gasteiger partial charge >= 0.3 is 0 Å². The van der Waals surface area contributed by atoms with Gasteiger partial charge < -0.3 is 0 Å². The Balaban J connectivity index is 0. The highest BCUT2D eigenvalue weighted by Crippen LogP contribution is 1.86. The third-order valence-electron chi connectivity index (χ3n) is 0. The van der Waals surface area contributed by atoms with Crippen LogP contribution < -0.4 is 0 Å². The maximum Gasteiger partial charge on any atom is 0.169 e. The molecule has 0 atom stereocenters. The number of rotatable bonds is 0. The van der Waals surface area contributed by atoms with E-state index in [2.05, 4.69) is 12.2 Å². The van der Waals surface area contributed by atoms with Gasteiger partial charge in [0.25, 0.3) is 0 Å². The number of hydrogen-bond acceptors (Lipinski definition) is 1. The first-order valence-electron chi connectivity index (χ1n) is 1.58. The zero-order chi connectivity index (χ0) is 5.58. The van der Waals surface area contributed by atoms with E-state index < -0.39 is 0 Å². The molecular formula is C3H6Cl2S. The van der Waals surface area contributed by atoms with Crippen molar-refractivity contribution in [2.24, 2.45) is 0 Å². The Labute approximate surface area is 53.4 Å². The molecular weight excluding hydrogens is 139 g/mol. The molecule has 0 nitrogen and oxygen atoms in total. The average molecular weight is 145 g/mol. The summed E-state index contributed by atoms with van der Waals surface area (Å²) < 4.78 is -0.0556. The lowest BCUT2D eigenvalue weighted by Crippen LogP contribution is -1.45. The SMILES string of the molecule is CC.S=C(Cl)Cl. The molecule has 0 heterocycles. The Bertz CT molecular complexity index is 31.8. The van der Waals surface area contributed by atoms with E-state index in [0.29, 0.717) is 0 Å². The minimum atomic E-state index is -0.0556. The largest absolute Gasteiger partial charge is 0.169 e. The predicted octanol–water partition coefficient (Wildman–Crippen LogP) is 2.78. The van der Waals surface area contributed by atoms with Crippen molar-refractivity contribution in [3.05, 3.63) is 0 Å². The quantitative estimate of drug-likeness (QED) is 0.373. The molecule has 0 amide bonds. The number of hydrogen-bond donors (Lipinski definition) is 0. The number of thiocarbonyl (C=S) groups is 1. The van der Waals surface area contributed by atoms with Crippen LogP contribution in [0.3, 0.4) is 0 Å². The molecule has 0 N–H and O–H groups in total. The molecule has 0 saturated carbocycles. The molecule has 0 aromatic carbocycles. The fraction of sp³-hybridized carbons (Fsp3) is 0.667. The first-order valence-corrected chi connectivity index (χ1v) is 2.75. The molecule has 3 heteroatoms. The van der Waals surface area contributed by atoms with Gasteiger partial charge in [0.2, 0.25) is 0 Å². The smallest absolute Gasteiger partial charge is 0.0683 e. The van der Waals surface area contributed by atoms with Gasteiger partial charge in [-0.05, 0) is 0 Å². The van der Waals surface area contributed by atoms with Gasteiger partial charge in [0.1, 0.15) is 0 Å². The van der Waals surface area contributed by atoms with Crippen molar-refractivity contribution < 1.29 is 0 Å². The van der Waals surface area contributed by atoms with Crippen molar-refractivity contribution in [3.63, 3.8) is 0 Å². The Morgan fingerprint density at radius 2 is 1.33 bits per heavy atom. The van der Waals surface area contributed by atoms with E-state index >= 15 is 0 Å². The maximum absolute atomic E-state index is 4.77. The van der Waals surface area contributed by atoms with Gasteiger partial charge in [-0.2, -0.15) is 0 Å². The van der Waals surface area contributed by atoms with Crippen molar-refractivity contribution in [3.8, 4) is 0 Å². The van der Waals surface area contributed by atoms with Gasteiger partial charge in [0.15, 0.2) is 3.78 Å². The second-order valence-electron chi connectivity index (χ2n) is 0.226. The Kier molecular flexibility index (Phi) is 15.0.